The lowest BCUT2D eigenvalue weighted by molar-refractivity contribution is -0.138. The second kappa shape index (κ2) is 6.52. The third-order valence-corrected chi connectivity index (χ3v) is 4.89. The molecule has 0 amide bonds. The van der Waals surface area contributed by atoms with E-state index in [1.807, 2.05) is 6.55 Å². The highest BCUT2D eigenvalue weighted by molar-refractivity contribution is 6.95. The fourth-order valence-corrected chi connectivity index (χ4v) is 2.18. The Kier molecular flexibility index (Phi) is 6.11. The molecule has 1 unspecified atom stereocenters. The van der Waals surface area contributed by atoms with Crippen LogP contribution < -0.4 is 0 Å². The van der Waals surface area contributed by atoms with Crippen molar-refractivity contribution in [1.29, 1.82) is 0 Å². The van der Waals surface area contributed by atoms with Gasteiger partial charge in [-0.3, -0.25) is 0 Å². The van der Waals surface area contributed by atoms with Gasteiger partial charge in [0.05, 0.1) is 6.61 Å². The van der Waals surface area contributed by atoms with Gasteiger partial charge in [0, 0.05) is 12.7 Å². The molecule has 0 saturated heterocycles. The fourth-order valence-electron chi connectivity index (χ4n) is 0.920. The highest BCUT2D eigenvalue weighted by atomic mass is 28.4. The van der Waals surface area contributed by atoms with Crippen molar-refractivity contribution in [2.24, 2.45) is 0 Å². The van der Waals surface area contributed by atoms with E-state index in [0.29, 0.717) is 24.6 Å². The summed E-state index contributed by atoms with van der Waals surface area (Å²) in [5, 5.41) is 0. The van der Waals surface area contributed by atoms with Gasteiger partial charge in [-0.05, 0) is 25.9 Å². The predicted octanol–water partition coefficient (Wildman–Crippen LogP) is 1.49. The lowest BCUT2D eigenvalue weighted by Crippen LogP contribution is -2.35. The maximum Gasteiger partial charge on any atom is 0.333 e. The van der Waals surface area contributed by atoms with Gasteiger partial charge in [0.25, 0.3) is 8.32 Å². The van der Waals surface area contributed by atoms with Crippen molar-refractivity contribution in [1.82, 2.24) is 0 Å². The van der Waals surface area contributed by atoms with E-state index < -0.39 is 8.32 Å². The van der Waals surface area contributed by atoms with E-state index in [1.165, 1.54) is 0 Å². The maximum atomic E-state index is 11.0. The van der Waals surface area contributed by atoms with Gasteiger partial charge in [0.15, 0.2) is 0 Å². The second-order valence-electron chi connectivity index (χ2n) is 3.65. The van der Waals surface area contributed by atoms with Crippen LogP contribution in [-0.4, -0.2) is 33.9 Å². The molecular formula is C10H18O4Si. The normalized spacial score (nSPS) is 14.1. The summed E-state index contributed by atoms with van der Waals surface area (Å²) in [4.78, 5) is 21.7. The topological polar surface area (TPSA) is 52.6 Å². The van der Waals surface area contributed by atoms with Crippen LogP contribution in [0.3, 0.4) is 0 Å². The zero-order valence-corrected chi connectivity index (χ0v) is 10.5. The van der Waals surface area contributed by atoms with Crippen LogP contribution in [0.25, 0.3) is 0 Å². The van der Waals surface area contributed by atoms with Crippen molar-refractivity contribution in [3.63, 3.8) is 0 Å². The Bertz CT molecular complexity index is 252. The van der Waals surface area contributed by atoms with E-state index in [9.17, 15) is 9.59 Å². The number of esters is 1. The van der Waals surface area contributed by atoms with Gasteiger partial charge >= 0.3 is 5.97 Å². The standard InChI is InChI=1S/C10H18O4Si/c1-9(2)10(12)14-6-5-7-15(4,8-11)13-3/h8H,1,5-7H2,2-4H3. The average molecular weight is 230 g/mol. The molecule has 86 valence electrons. The van der Waals surface area contributed by atoms with E-state index >= 15 is 0 Å². The zero-order valence-electron chi connectivity index (χ0n) is 9.54. The number of hydrogen-bond acceptors (Lipinski definition) is 4. The second-order valence-corrected chi connectivity index (χ2v) is 7.42. The van der Waals surface area contributed by atoms with Gasteiger partial charge in [0.2, 0.25) is 0 Å². The molecule has 0 aliphatic heterocycles. The molecule has 0 rings (SSSR count). The van der Waals surface area contributed by atoms with Gasteiger partial charge < -0.3 is 14.0 Å². The largest absolute Gasteiger partial charge is 0.462 e. The smallest absolute Gasteiger partial charge is 0.333 e. The molecular weight excluding hydrogens is 212 g/mol. The number of carbonyl (C=O) groups is 2. The van der Waals surface area contributed by atoms with E-state index in [0.717, 1.165) is 5.91 Å². The Hall–Kier alpha value is -0.943. The van der Waals surface area contributed by atoms with Crippen LogP contribution in [0.15, 0.2) is 12.2 Å². The van der Waals surface area contributed by atoms with Crippen LogP contribution in [0.4, 0.5) is 0 Å². The lowest BCUT2D eigenvalue weighted by atomic mass is 10.4. The van der Waals surface area contributed by atoms with E-state index in [4.69, 9.17) is 9.16 Å². The SMILES string of the molecule is C=C(C)C(=O)OCCC[Si](C)(C=O)OC. The van der Waals surface area contributed by atoms with Crippen molar-refractivity contribution in [2.45, 2.75) is 25.9 Å². The van der Waals surface area contributed by atoms with Crippen molar-refractivity contribution in [3.05, 3.63) is 12.2 Å². The Balaban J connectivity index is 3.76. The highest BCUT2D eigenvalue weighted by Crippen LogP contribution is 2.10. The summed E-state index contributed by atoms with van der Waals surface area (Å²) >= 11 is 0. The van der Waals surface area contributed by atoms with E-state index in [-0.39, 0.29) is 5.97 Å². The van der Waals surface area contributed by atoms with Crippen LogP contribution in [0.2, 0.25) is 12.6 Å². The summed E-state index contributed by atoms with van der Waals surface area (Å²) < 4.78 is 10.1. The maximum absolute atomic E-state index is 11.0. The van der Waals surface area contributed by atoms with Gasteiger partial charge in [0.1, 0.15) is 5.91 Å². The molecule has 4 nitrogen and oxygen atoms in total. The summed E-state index contributed by atoms with van der Waals surface area (Å²) in [5.74, 6) is 0.509. The first kappa shape index (κ1) is 14.1. The Morgan fingerprint density at radius 3 is 2.53 bits per heavy atom. The minimum absolute atomic E-state index is 0.311. The van der Waals surface area contributed by atoms with Gasteiger partial charge in [-0.1, -0.05) is 6.58 Å². The summed E-state index contributed by atoms with van der Waals surface area (Å²) in [6, 6.07) is 0.663. The van der Waals surface area contributed by atoms with Crippen LogP contribution in [0, 0.1) is 0 Å². The molecule has 0 aromatic rings. The molecule has 0 aliphatic rings. The Morgan fingerprint density at radius 2 is 2.13 bits per heavy atom. The predicted molar refractivity (Wildman–Crippen MR) is 60.6 cm³/mol. The number of carbonyl (C=O) groups excluding carboxylic acids is 2. The molecule has 0 spiro atoms. The molecule has 0 heterocycles. The van der Waals surface area contributed by atoms with Gasteiger partial charge in [-0.2, -0.15) is 0 Å². The van der Waals surface area contributed by atoms with Gasteiger partial charge in [-0.25, -0.2) is 4.79 Å². The highest BCUT2D eigenvalue weighted by Gasteiger charge is 2.26. The molecule has 0 aromatic carbocycles. The molecule has 0 aliphatic carbocycles. The Labute approximate surface area is 91.4 Å². The minimum Gasteiger partial charge on any atom is -0.462 e. The monoisotopic (exact) mass is 230 g/mol. The van der Waals surface area contributed by atoms with Crippen molar-refractivity contribution in [3.8, 4) is 0 Å². The number of hydrogen-bond donors (Lipinski definition) is 0. The molecule has 15 heavy (non-hydrogen) atoms. The third-order valence-electron chi connectivity index (χ3n) is 2.11. The molecule has 1 atom stereocenters. The van der Waals surface area contributed by atoms with Crippen molar-refractivity contribution >= 4 is 20.2 Å². The van der Waals surface area contributed by atoms with Gasteiger partial charge in [-0.15, -0.1) is 0 Å². The Morgan fingerprint density at radius 1 is 1.53 bits per heavy atom. The minimum atomic E-state index is -2.19. The zero-order chi connectivity index (χ0) is 11.9. The first-order valence-corrected chi connectivity index (χ1v) is 7.48. The van der Waals surface area contributed by atoms with Crippen LogP contribution >= 0.6 is 0 Å². The van der Waals surface area contributed by atoms with Crippen LogP contribution in [-0.2, 0) is 18.8 Å². The first-order valence-electron chi connectivity index (χ1n) is 4.79. The third kappa shape index (κ3) is 5.49. The summed E-state index contributed by atoms with van der Waals surface area (Å²) in [6.45, 7) is 7.21. The summed E-state index contributed by atoms with van der Waals surface area (Å²) in [6.07, 6.45) is 0.647. The van der Waals surface area contributed by atoms with E-state index in [2.05, 4.69) is 6.58 Å². The van der Waals surface area contributed by atoms with Crippen molar-refractivity contribution in [2.75, 3.05) is 13.7 Å². The summed E-state index contributed by atoms with van der Waals surface area (Å²) in [7, 11) is -0.649. The average Bonchev–Trinajstić information content (AvgIpc) is 2.23. The van der Waals surface area contributed by atoms with Crippen LogP contribution in [0.1, 0.15) is 13.3 Å². The fraction of sp³-hybridized carbons (Fsp3) is 0.600. The molecule has 5 heteroatoms. The molecule has 0 aromatic heterocycles. The van der Waals surface area contributed by atoms with Crippen molar-refractivity contribution < 1.29 is 18.8 Å². The number of ether oxygens (including phenoxy) is 1. The molecule has 0 fully saturated rings. The molecule has 0 bridgehead atoms. The van der Waals surface area contributed by atoms with E-state index in [1.54, 1.807) is 14.0 Å². The summed E-state index contributed by atoms with van der Waals surface area (Å²) in [5.41, 5.74) is 0.386. The number of rotatable bonds is 7. The quantitative estimate of drug-likeness (QED) is 0.219. The van der Waals surface area contributed by atoms with Crippen LogP contribution in [0.5, 0.6) is 0 Å². The molecule has 0 radical (unpaired) electrons. The molecule has 0 N–H and O–H groups in total. The lowest BCUT2D eigenvalue weighted by Gasteiger charge is -2.17. The first-order chi connectivity index (χ1) is 6.95. The molecule has 0 saturated carbocycles.